The monoisotopic (exact) mass is 306 g/mol. The molecule has 0 radical (unpaired) electrons. The Morgan fingerprint density at radius 2 is 2.09 bits per heavy atom. The zero-order chi connectivity index (χ0) is 15.5. The summed E-state index contributed by atoms with van der Waals surface area (Å²) in [5.41, 5.74) is 3.08. The Kier molecular flexibility index (Phi) is 3.81. The number of hydrogen-bond acceptors (Lipinski definition) is 5. The second-order valence-corrected chi connectivity index (χ2v) is 5.72. The van der Waals surface area contributed by atoms with Gasteiger partial charge < -0.3 is 4.98 Å². The lowest BCUT2D eigenvalue weighted by molar-refractivity contribution is 0.244. The van der Waals surface area contributed by atoms with Gasteiger partial charge in [0.25, 0.3) is 0 Å². The van der Waals surface area contributed by atoms with Crippen molar-refractivity contribution in [2.75, 3.05) is 6.54 Å². The second kappa shape index (κ2) is 6.26. The summed E-state index contributed by atoms with van der Waals surface area (Å²) >= 11 is 0. The Morgan fingerprint density at radius 1 is 1.13 bits per heavy atom. The van der Waals surface area contributed by atoms with Gasteiger partial charge in [0.1, 0.15) is 5.69 Å². The van der Waals surface area contributed by atoms with E-state index in [-0.39, 0.29) is 6.04 Å². The van der Waals surface area contributed by atoms with Crippen LogP contribution in [0.2, 0.25) is 0 Å². The van der Waals surface area contributed by atoms with E-state index in [1.165, 1.54) is 12.0 Å². The zero-order valence-electron chi connectivity index (χ0n) is 12.8. The van der Waals surface area contributed by atoms with Crippen LogP contribution in [-0.4, -0.2) is 36.4 Å². The normalized spacial score (nSPS) is 18.3. The van der Waals surface area contributed by atoms with E-state index in [0.29, 0.717) is 0 Å². The molecule has 0 spiro atoms. The molecule has 0 amide bonds. The fourth-order valence-electron chi connectivity index (χ4n) is 3.22. The molecule has 0 aromatic carbocycles. The molecule has 6 heteroatoms. The van der Waals surface area contributed by atoms with Gasteiger partial charge >= 0.3 is 0 Å². The maximum atomic E-state index is 4.63. The molecular weight excluding hydrogens is 288 g/mol. The Labute approximate surface area is 134 Å². The Morgan fingerprint density at radius 3 is 2.91 bits per heavy atom. The van der Waals surface area contributed by atoms with Gasteiger partial charge in [-0.2, -0.15) is 0 Å². The number of aromatic nitrogens is 5. The molecule has 0 aliphatic carbocycles. The molecule has 0 unspecified atom stereocenters. The van der Waals surface area contributed by atoms with Gasteiger partial charge in [-0.15, -0.1) is 0 Å². The third kappa shape index (κ3) is 2.85. The minimum Gasteiger partial charge on any atom is -0.343 e. The number of imidazole rings is 1. The van der Waals surface area contributed by atoms with Gasteiger partial charge in [-0.05, 0) is 31.0 Å². The molecule has 1 aliphatic rings. The molecule has 23 heavy (non-hydrogen) atoms. The Hall–Kier alpha value is -2.60. The number of hydrogen-bond donors (Lipinski definition) is 1. The van der Waals surface area contributed by atoms with Crippen LogP contribution in [0.25, 0.3) is 11.5 Å². The first kappa shape index (κ1) is 14.0. The quantitative estimate of drug-likeness (QED) is 0.802. The van der Waals surface area contributed by atoms with E-state index in [0.717, 1.165) is 36.7 Å². The molecule has 3 aromatic heterocycles. The number of rotatable bonds is 4. The first-order valence-corrected chi connectivity index (χ1v) is 7.85. The fourth-order valence-corrected chi connectivity index (χ4v) is 3.22. The standard InChI is InChI=1S/C17H18N6/c1-3-13(11-18-5-1)12-23-10-2-4-14(23)15-16(20-7-6-19-15)17-21-8-9-22-17/h1,3,5-9,11,14H,2,4,10,12H2,(H,21,22)/t14-/m0/s1. The first-order valence-electron chi connectivity index (χ1n) is 7.85. The van der Waals surface area contributed by atoms with Crippen LogP contribution in [0.1, 0.15) is 30.1 Å². The third-order valence-electron chi connectivity index (χ3n) is 4.24. The van der Waals surface area contributed by atoms with E-state index in [1.54, 1.807) is 18.6 Å². The van der Waals surface area contributed by atoms with Crippen LogP contribution in [-0.2, 0) is 6.54 Å². The maximum Gasteiger partial charge on any atom is 0.157 e. The Balaban J connectivity index is 1.65. The molecule has 0 saturated carbocycles. The molecule has 4 heterocycles. The van der Waals surface area contributed by atoms with Crippen molar-refractivity contribution in [2.45, 2.75) is 25.4 Å². The lowest BCUT2D eigenvalue weighted by Crippen LogP contribution is -2.24. The van der Waals surface area contributed by atoms with Gasteiger partial charge in [-0.3, -0.25) is 14.9 Å². The fraction of sp³-hybridized carbons (Fsp3) is 0.294. The molecule has 0 bridgehead atoms. The number of nitrogens with one attached hydrogen (secondary N) is 1. The predicted octanol–water partition coefficient (Wildman–Crippen LogP) is 2.60. The molecule has 3 aromatic rings. The van der Waals surface area contributed by atoms with Crippen molar-refractivity contribution >= 4 is 0 Å². The summed E-state index contributed by atoms with van der Waals surface area (Å²) in [6.07, 6.45) is 13.0. The van der Waals surface area contributed by atoms with Crippen LogP contribution >= 0.6 is 0 Å². The van der Waals surface area contributed by atoms with Crippen molar-refractivity contribution in [3.63, 3.8) is 0 Å². The van der Waals surface area contributed by atoms with E-state index < -0.39 is 0 Å². The summed E-state index contributed by atoms with van der Waals surface area (Å²) in [5, 5.41) is 0. The van der Waals surface area contributed by atoms with Crippen LogP contribution in [0.5, 0.6) is 0 Å². The van der Waals surface area contributed by atoms with Crippen LogP contribution in [0, 0.1) is 0 Å². The molecule has 4 rings (SSSR count). The van der Waals surface area contributed by atoms with Gasteiger partial charge in [-0.1, -0.05) is 6.07 Å². The average molecular weight is 306 g/mol. The van der Waals surface area contributed by atoms with Crippen molar-refractivity contribution in [3.05, 3.63) is 60.6 Å². The maximum absolute atomic E-state index is 4.63. The molecule has 116 valence electrons. The van der Waals surface area contributed by atoms with Crippen LogP contribution in [0.3, 0.4) is 0 Å². The van der Waals surface area contributed by atoms with Crippen molar-refractivity contribution < 1.29 is 0 Å². The van der Waals surface area contributed by atoms with Gasteiger partial charge in [0.15, 0.2) is 5.82 Å². The average Bonchev–Trinajstić information content (AvgIpc) is 3.27. The minimum absolute atomic E-state index is 0.268. The highest BCUT2D eigenvalue weighted by atomic mass is 15.2. The van der Waals surface area contributed by atoms with Crippen LogP contribution < -0.4 is 0 Å². The third-order valence-corrected chi connectivity index (χ3v) is 4.24. The zero-order valence-corrected chi connectivity index (χ0v) is 12.8. The van der Waals surface area contributed by atoms with Crippen molar-refractivity contribution in [1.82, 2.24) is 29.8 Å². The van der Waals surface area contributed by atoms with E-state index in [2.05, 4.69) is 35.9 Å². The molecule has 6 nitrogen and oxygen atoms in total. The highest BCUT2D eigenvalue weighted by Crippen LogP contribution is 2.35. The van der Waals surface area contributed by atoms with Crippen molar-refractivity contribution in [3.8, 4) is 11.5 Å². The van der Waals surface area contributed by atoms with Gasteiger partial charge in [0.2, 0.25) is 0 Å². The van der Waals surface area contributed by atoms with Gasteiger partial charge in [0, 0.05) is 43.7 Å². The molecule has 1 fully saturated rings. The summed E-state index contributed by atoms with van der Waals surface area (Å²) in [4.78, 5) is 23.3. The highest BCUT2D eigenvalue weighted by molar-refractivity contribution is 5.53. The second-order valence-electron chi connectivity index (χ2n) is 5.72. The van der Waals surface area contributed by atoms with Crippen LogP contribution in [0.4, 0.5) is 0 Å². The van der Waals surface area contributed by atoms with Gasteiger partial charge in [0.05, 0.1) is 11.7 Å². The predicted molar refractivity (Wildman–Crippen MR) is 86.2 cm³/mol. The van der Waals surface area contributed by atoms with Crippen molar-refractivity contribution in [2.24, 2.45) is 0 Å². The number of nitrogens with zero attached hydrogens (tertiary/aromatic N) is 5. The lowest BCUT2D eigenvalue weighted by Gasteiger charge is -2.24. The number of H-pyrrole nitrogens is 1. The van der Waals surface area contributed by atoms with E-state index in [9.17, 15) is 0 Å². The summed E-state index contributed by atoms with van der Waals surface area (Å²) in [6.45, 7) is 1.94. The number of pyridine rings is 1. The van der Waals surface area contributed by atoms with Gasteiger partial charge in [-0.25, -0.2) is 9.97 Å². The topological polar surface area (TPSA) is 70.6 Å². The molecule has 1 aliphatic heterocycles. The summed E-state index contributed by atoms with van der Waals surface area (Å²) < 4.78 is 0. The Bertz CT molecular complexity index is 756. The largest absolute Gasteiger partial charge is 0.343 e. The lowest BCUT2D eigenvalue weighted by atomic mass is 10.1. The highest BCUT2D eigenvalue weighted by Gasteiger charge is 2.30. The molecule has 1 atom stereocenters. The minimum atomic E-state index is 0.268. The summed E-state index contributed by atoms with van der Waals surface area (Å²) in [5.74, 6) is 0.779. The smallest absolute Gasteiger partial charge is 0.157 e. The SMILES string of the molecule is c1cncc(CN2CCC[C@H]2c2nccnc2-c2ncc[nH]2)c1. The van der Waals surface area contributed by atoms with Crippen LogP contribution in [0.15, 0.2) is 49.3 Å². The summed E-state index contributed by atoms with van der Waals surface area (Å²) in [7, 11) is 0. The molecular formula is C17H18N6. The number of aromatic amines is 1. The number of likely N-dealkylation sites (tertiary alicyclic amines) is 1. The molecule has 1 N–H and O–H groups in total. The summed E-state index contributed by atoms with van der Waals surface area (Å²) in [6, 6.07) is 4.37. The van der Waals surface area contributed by atoms with Crippen molar-refractivity contribution in [1.29, 1.82) is 0 Å². The van der Waals surface area contributed by atoms with E-state index in [4.69, 9.17) is 0 Å². The van der Waals surface area contributed by atoms with E-state index in [1.807, 2.05) is 24.7 Å². The van der Waals surface area contributed by atoms with E-state index >= 15 is 0 Å². The molecule has 1 saturated heterocycles. The first-order chi connectivity index (χ1) is 11.4.